The number of halogens is 2. The van der Waals surface area contributed by atoms with Gasteiger partial charge in [0.25, 0.3) is 5.91 Å². The van der Waals surface area contributed by atoms with Gasteiger partial charge in [-0.15, -0.1) is 0 Å². The first kappa shape index (κ1) is 15.6. The van der Waals surface area contributed by atoms with Crippen LogP contribution in [0.15, 0.2) is 30.3 Å². The molecule has 0 aliphatic carbocycles. The molecule has 1 aromatic rings. The second-order valence-electron chi connectivity index (χ2n) is 4.80. The van der Waals surface area contributed by atoms with Crippen molar-refractivity contribution in [3.05, 3.63) is 35.9 Å². The average molecular weight is 330 g/mol. The SMILES string of the molecule is CC(C)NC(=O)N1C(=O)N(Cl)C(=O)C1(Cl)c1ccccc1. The van der Waals surface area contributed by atoms with Crippen molar-refractivity contribution in [1.82, 2.24) is 14.6 Å². The first-order valence-corrected chi connectivity index (χ1v) is 6.91. The van der Waals surface area contributed by atoms with Crippen molar-refractivity contribution >= 4 is 41.3 Å². The Hall–Kier alpha value is -1.79. The summed E-state index contributed by atoms with van der Waals surface area (Å²) in [6.07, 6.45) is 0. The lowest BCUT2D eigenvalue weighted by molar-refractivity contribution is -0.126. The first-order chi connectivity index (χ1) is 9.80. The number of imide groups is 2. The first-order valence-electron chi connectivity index (χ1n) is 6.19. The molecule has 0 radical (unpaired) electrons. The predicted molar refractivity (Wildman–Crippen MR) is 77.6 cm³/mol. The molecule has 1 heterocycles. The van der Waals surface area contributed by atoms with E-state index in [9.17, 15) is 14.4 Å². The minimum Gasteiger partial charge on any atom is -0.335 e. The fourth-order valence-corrected chi connectivity index (χ4v) is 2.58. The Morgan fingerprint density at radius 1 is 1.24 bits per heavy atom. The number of nitrogens with zero attached hydrogens (tertiary/aromatic N) is 2. The van der Waals surface area contributed by atoms with Gasteiger partial charge in [-0.3, -0.25) is 4.79 Å². The van der Waals surface area contributed by atoms with Crippen LogP contribution in [0.3, 0.4) is 0 Å². The minimum atomic E-state index is -1.99. The summed E-state index contributed by atoms with van der Waals surface area (Å²) in [5, 5.41) is 2.53. The summed E-state index contributed by atoms with van der Waals surface area (Å²) < 4.78 is 0.319. The van der Waals surface area contributed by atoms with E-state index in [1.54, 1.807) is 44.2 Å². The number of benzene rings is 1. The summed E-state index contributed by atoms with van der Waals surface area (Å²) >= 11 is 12.0. The molecule has 1 unspecified atom stereocenters. The van der Waals surface area contributed by atoms with E-state index >= 15 is 0 Å². The van der Waals surface area contributed by atoms with Gasteiger partial charge >= 0.3 is 12.1 Å². The zero-order valence-electron chi connectivity index (χ0n) is 11.3. The lowest BCUT2D eigenvalue weighted by Crippen LogP contribution is -2.51. The molecule has 0 spiro atoms. The van der Waals surface area contributed by atoms with Gasteiger partial charge in [-0.2, -0.15) is 4.42 Å². The van der Waals surface area contributed by atoms with E-state index in [0.29, 0.717) is 9.32 Å². The lowest BCUT2D eigenvalue weighted by atomic mass is 10.1. The van der Waals surface area contributed by atoms with Gasteiger partial charge in [-0.1, -0.05) is 41.9 Å². The molecular formula is C13H13Cl2N3O3. The van der Waals surface area contributed by atoms with Crippen LogP contribution in [0.25, 0.3) is 0 Å². The molecule has 1 aromatic carbocycles. The quantitative estimate of drug-likeness (QED) is 0.392. The summed E-state index contributed by atoms with van der Waals surface area (Å²) in [6, 6.07) is 6.10. The maximum atomic E-state index is 12.3. The van der Waals surface area contributed by atoms with Crippen molar-refractivity contribution in [3.63, 3.8) is 0 Å². The molecule has 1 aliphatic rings. The molecule has 5 amide bonds. The van der Waals surface area contributed by atoms with Crippen LogP contribution in [0.4, 0.5) is 9.59 Å². The summed E-state index contributed by atoms with van der Waals surface area (Å²) in [5.41, 5.74) is 0.284. The summed E-state index contributed by atoms with van der Waals surface area (Å²) in [4.78, 5) is 35.2. The molecule has 21 heavy (non-hydrogen) atoms. The molecule has 0 aromatic heterocycles. The van der Waals surface area contributed by atoms with Gasteiger partial charge < -0.3 is 5.32 Å². The number of hydrogen-bond donors (Lipinski definition) is 1. The van der Waals surface area contributed by atoms with E-state index in [4.69, 9.17) is 23.4 Å². The van der Waals surface area contributed by atoms with Crippen LogP contribution in [0, 0.1) is 0 Å². The third-order valence-corrected chi connectivity index (χ3v) is 3.75. The van der Waals surface area contributed by atoms with Crippen LogP contribution in [-0.2, 0) is 9.79 Å². The molecular weight excluding hydrogens is 317 g/mol. The zero-order valence-corrected chi connectivity index (χ0v) is 12.9. The second-order valence-corrected chi connectivity index (χ2v) is 5.68. The average Bonchev–Trinajstić information content (AvgIpc) is 2.61. The van der Waals surface area contributed by atoms with E-state index in [1.807, 2.05) is 0 Å². The van der Waals surface area contributed by atoms with E-state index in [0.717, 1.165) is 0 Å². The van der Waals surface area contributed by atoms with E-state index in [-0.39, 0.29) is 11.6 Å². The molecule has 1 atom stereocenters. The van der Waals surface area contributed by atoms with E-state index in [1.165, 1.54) is 0 Å². The molecule has 1 N–H and O–H groups in total. The van der Waals surface area contributed by atoms with Gasteiger partial charge in [0.15, 0.2) is 0 Å². The van der Waals surface area contributed by atoms with Crippen LogP contribution in [-0.4, -0.2) is 33.3 Å². The number of hydrogen-bond acceptors (Lipinski definition) is 3. The summed E-state index contributed by atoms with van der Waals surface area (Å²) in [6.45, 7) is 3.44. The normalized spacial score (nSPS) is 22.1. The molecule has 112 valence electrons. The highest BCUT2D eigenvalue weighted by molar-refractivity contribution is 6.46. The van der Waals surface area contributed by atoms with Gasteiger partial charge in [0, 0.05) is 23.4 Å². The zero-order chi connectivity index (χ0) is 15.8. The maximum absolute atomic E-state index is 12.3. The van der Waals surface area contributed by atoms with Crippen LogP contribution in [0.5, 0.6) is 0 Å². The smallest absolute Gasteiger partial charge is 0.335 e. The second kappa shape index (κ2) is 5.54. The Kier molecular flexibility index (Phi) is 4.11. The van der Waals surface area contributed by atoms with Crippen molar-refractivity contribution in [2.24, 2.45) is 0 Å². The number of amides is 5. The van der Waals surface area contributed by atoms with Gasteiger partial charge in [0.05, 0.1) is 0 Å². The summed E-state index contributed by atoms with van der Waals surface area (Å²) in [5.74, 6) is -0.888. The third kappa shape index (κ3) is 2.45. The van der Waals surface area contributed by atoms with Crippen LogP contribution in [0.1, 0.15) is 19.4 Å². The molecule has 1 saturated heterocycles. The summed E-state index contributed by atoms with van der Waals surface area (Å²) in [7, 11) is 0. The molecule has 0 saturated carbocycles. The number of carbonyl (C=O) groups excluding carboxylic acids is 3. The number of alkyl halides is 1. The molecule has 2 rings (SSSR count). The Morgan fingerprint density at radius 2 is 1.81 bits per heavy atom. The fraction of sp³-hybridized carbons (Fsp3) is 0.308. The van der Waals surface area contributed by atoms with Crippen molar-refractivity contribution in [2.75, 3.05) is 0 Å². The fourth-order valence-electron chi connectivity index (χ4n) is 1.98. The number of urea groups is 2. The third-order valence-electron chi connectivity index (χ3n) is 2.90. The topological polar surface area (TPSA) is 69.7 Å². The van der Waals surface area contributed by atoms with Crippen LogP contribution < -0.4 is 5.32 Å². The highest BCUT2D eigenvalue weighted by Crippen LogP contribution is 2.41. The number of carbonyl (C=O) groups is 3. The Bertz CT molecular complexity index is 594. The molecule has 1 fully saturated rings. The predicted octanol–water partition coefficient (Wildman–Crippen LogP) is 2.61. The van der Waals surface area contributed by atoms with Gasteiger partial charge in [0.2, 0.25) is 5.00 Å². The van der Waals surface area contributed by atoms with Crippen LogP contribution >= 0.6 is 23.4 Å². The van der Waals surface area contributed by atoms with Crippen LogP contribution in [0.2, 0.25) is 0 Å². The van der Waals surface area contributed by atoms with Crippen molar-refractivity contribution in [3.8, 4) is 0 Å². The molecule has 8 heteroatoms. The molecule has 6 nitrogen and oxygen atoms in total. The molecule has 1 aliphatic heterocycles. The minimum absolute atomic E-state index is 0.235. The van der Waals surface area contributed by atoms with Crippen molar-refractivity contribution in [2.45, 2.75) is 24.9 Å². The highest BCUT2D eigenvalue weighted by atomic mass is 35.5. The Morgan fingerprint density at radius 3 is 2.33 bits per heavy atom. The molecule has 0 bridgehead atoms. The van der Waals surface area contributed by atoms with Gasteiger partial charge in [-0.25, -0.2) is 14.5 Å². The largest absolute Gasteiger partial charge is 0.352 e. The number of rotatable bonds is 2. The van der Waals surface area contributed by atoms with Crippen molar-refractivity contribution in [1.29, 1.82) is 0 Å². The Balaban J connectivity index is 2.52. The van der Waals surface area contributed by atoms with Gasteiger partial charge in [0.1, 0.15) is 0 Å². The van der Waals surface area contributed by atoms with Crippen molar-refractivity contribution < 1.29 is 14.4 Å². The highest BCUT2D eigenvalue weighted by Gasteiger charge is 2.60. The Labute approximate surface area is 131 Å². The van der Waals surface area contributed by atoms with E-state index in [2.05, 4.69) is 5.32 Å². The van der Waals surface area contributed by atoms with Gasteiger partial charge in [-0.05, 0) is 13.8 Å². The standard InChI is InChI=1S/C13H13Cl2N3O3/c1-8(2)16-11(20)17-12(21)18(15)10(19)13(17,14)9-6-4-3-5-7-9/h3-8H,1-2H3,(H,16,20). The number of nitrogens with one attached hydrogen (secondary N) is 1. The maximum Gasteiger partial charge on any atom is 0.352 e. The van der Waals surface area contributed by atoms with E-state index < -0.39 is 23.0 Å². The monoisotopic (exact) mass is 329 g/mol. The lowest BCUT2D eigenvalue weighted by Gasteiger charge is -2.28.